The third-order valence-electron chi connectivity index (χ3n) is 5.17. The first kappa shape index (κ1) is 20.7. The second-order valence-electron chi connectivity index (χ2n) is 7.44. The molecule has 1 aliphatic heterocycles. The number of aromatic amines is 1. The number of aryl methyl sites for hydroxylation is 1. The van der Waals surface area contributed by atoms with E-state index in [1.54, 1.807) is 36.0 Å². The van der Waals surface area contributed by atoms with Gasteiger partial charge in [0, 0.05) is 36.4 Å². The van der Waals surface area contributed by atoms with Crippen LogP contribution in [0.2, 0.25) is 0 Å². The second-order valence-corrected chi connectivity index (χ2v) is 7.44. The Bertz CT molecular complexity index is 1230. The van der Waals surface area contributed by atoms with Gasteiger partial charge in [0.25, 0.3) is 5.56 Å². The van der Waals surface area contributed by atoms with Crippen LogP contribution in [0.4, 0.5) is 5.69 Å². The summed E-state index contributed by atoms with van der Waals surface area (Å²) >= 11 is 0. The van der Waals surface area contributed by atoms with Crippen molar-refractivity contribution in [2.75, 3.05) is 11.9 Å². The monoisotopic (exact) mass is 426 g/mol. The number of aromatic nitrogens is 5. The molecule has 0 bridgehead atoms. The van der Waals surface area contributed by atoms with Gasteiger partial charge in [0.1, 0.15) is 18.0 Å². The van der Waals surface area contributed by atoms with Crippen molar-refractivity contribution in [1.82, 2.24) is 24.5 Å². The van der Waals surface area contributed by atoms with Gasteiger partial charge in [-0.2, -0.15) is 0 Å². The minimum atomic E-state index is -0.666. The summed E-state index contributed by atoms with van der Waals surface area (Å²) in [5, 5.41) is 20.9. The predicted molar refractivity (Wildman–Crippen MR) is 110 cm³/mol. The Morgan fingerprint density at radius 2 is 2.16 bits per heavy atom. The van der Waals surface area contributed by atoms with Gasteiger partial charge < -0.3 is 15.2 Å². The number of amides is 1. The second kappa shape index (κ2) is 8.28. The van der Waals surface area contributed by atoms with Crippen LogP contribution >= 0.6 is 0 Å². The summed E-state index contributed by atoms with van der Waals surface area (Å²) in [5.74, 6) is -0.173. The Morgan fingerprint density at radius 1 is 1.35 bits per heavy atom. The van der Waals surface area contributed by atoms with E-state index >= 15 is 0 Å². The maximum absolute atomic E-state index is 12.2. The molecule has 3 atom stereocenters. The topological polar surface area (TPSA) is 144 Å². The van der Waals surface area contributed by atoms with Crippen LogP contribution in [-0.4, -0.2) is 48.3 Å². The van der Waals surface area contributed by atoms with Crippen LogP contribution in [0.3, 0.4) is 0 Å². The molecule has 162 valence electrons. The molecule has 3 aromatic rings. The van der Waals surface area contributed by atoms with Crippen molar-refractivity contribution in [2.45, 2.75) is 38.6 Å². The lowest BCUT2D eigenvalue weighted by Gasteiger charge is -2.15. The molecule has 0 radical (unpaired) electrons. The summed E-state index contributed by atoms with van der Waals surface area (Å²) in [5.41, 5.74) is 1.36. The van der Waals surface area contributed by atoms with Gasteiger partial charge >= 0.3 is 5.69 Å². The fourth-order valence-electron chi connectivity index (χ4n) is 3.66. The van der Waals surface area contributed by atoms with Crippen LogP contribution < -0.4 is 16.6 Å². The van der Waals surface area contributed by atoms with Crippen LogP contribution in [0.1, 0.15) is 31.2 Å². The van der Waals surface area contributed by atoms with E-state index in [0.29, 0.717) is 23.4 Å². The number of aliphatic hydroxyl groups excluding tert-OH is 1. The number of nitrogens with one attached hydrogen (secondary N) is 2. The number of hydrogen-bond donors (Lipinski definition) is 3. The molecule has 1 saturated heterocycles. The number of carbonyl (C=O) groups is 1. The summed E-state index contributed by atoms with van der Waals surface area (Å²) in [6, 6.07) is 6.84. The Labute approximate surface area is 176 Å². The van der Waals surface area contributed by atoms with E-state index in [1.165, 1.54) is 17.7 Å². The SMILES string of the molecule is CC(=O)Nc1cccc(-c2cn([C@H]3C[C@H](n4cc(C)c(=O)[nH]c4=O)O[C@@H]3CO)nn2)c1. The molecule has 31 heavy (non-hydrogen) atoms. The largest absolute Gasteiger partial charge is 0.394 e. The zero-order valence-electron chi connectivity index (χ0n) is 17.0. The molecule has 3 heterocycles. The Kier molecular flexibility index (Phi) is 5.53. The van der Waals surface area contributed by atoms with Crippen molar-refractivity contribution in [1.29, 1.82) is 0 Å². The van der Waals surface area contributed by atoms with Gasteiger partial charge in [-0.15, -0.1) is 5.10 Å². The summed E-state index contributed by atoms with van der Waals surface area (Å²) in [4.78, 5) is 37.4. The average Bonchev–Trinajstić information content (AvgIpc) is 3.37. The van der Waals surface area contributed by atoms with Gasteiger partial charge in [0.05, 0.1) is 18.8 Å². The quantitative estimate of drug-likeness (QED) is 0.541. The van der Waals surface area contributed by atoms with E-state index in [-0.39, 0.29) is 18.6 Å². The van der Waals surface area contributed by atoms with E-state index in [0.717, 1.165) is 5.56 Å². The number of rotatable bonds is 5. The minimum Gasteiger partial charge on any atom is -0.394 e. The van der Waals surface area contributed by atoms with Gasteiger partial charge in [-0.05, 0) is 19.1 Å². The van der Waals surface area contributed by atoms with E-state index in [9.17, 15) is 19.5 Å². The number of carbonyl (C=O) groups excluding carboxylic acids is 1. The highest BCUT2D eigenvalue weighted by molar-refractivity contribution is 5.89. The maximum Gasteiger partial charge on any atom is 0.330 e. The number of anilines is 1. The lowest BCUT2D eigenvalue weighted by molar-refractivity contribution is -0.114. The van der Waals surface area contributed by atoms with Crippen molar-refractivity contribution < 1.29 is 14.6 Å². The lowest BCUT2D eigenvalue weighted by Crippen LogP contribution is -2.33. The fraction of sp³-hybridized carbons (Fsp3) is 0.350. The summed E-state index contributed by atoms with van der Waals surface area (Å²) in [7, 11) is 0. The van der Waals surface area contributed by atoms with Gasteiger partial charge in [-0.25, -0.2) is 9.48 Å². The number of benzene rings is 1. The third kappa shape index (κ3) is 4.18. The van der Waals surface area contributed by atoms with Crippen LogP contribution in [-0.2, 0) is 9.53 Å². The van der Waals surface area contributed by atoms with Crippen LogP contribution in [0.15, 0.2) is 46.2 Å². The zero-order valence-corrected chi connectivity index (χ0v) is 17.0. The molecule has 1 aliphatic rings. The zero-order chi connectivity index (χ0) is 22.1. The molecular weight excluding hydrogens is 404 g/mol. The number of hydrogen-bond acceptors (Lipinski definition) is 7. The number of aliphatic hydroxyl groups is 1. The number of nitrogens with zero attached hydrogens (tertiary/aromatic N) is 4. The first-order valence-corrected chi connectivity index (χ1v) is 9.74. The van der Waals surface area contributed by atoms with Crippen LogP contribution in [0.5, 0.6) is 0 Å². The van der Waals surface area contributed by atoms with Crippen molar-refractivity contribution in [3.05, 3.63) is 63.1 Å². The van der Waals surface area contributed by atoms with Gasteiger partial charge in [-0.3, -0.25) is 19.1 Å². The molecule has 0 saturated carbocycles. The van der Waals surface area contributed by atoms with Crippen molar-refractivity contribution in [2.24, 2.45) is 0 Å². The minimum absolute atomic E-state index is 0.173. The summed E-state index contributed by atoms with van der Waals surface area (Å²) < 4.78 is 8.79. The fourth-order valence-corrected chi connectivity index (χ4v) is 3.66. The van der Waals surface area contributed by atoms with Crippen molar-refractivity contribution in [3.8, 4) is 11.3 Å². The number of ether oxygens (including phenoxy) is 1. The standard InChI is InChI=1S/C20H22N6O5/c1-11-8-25(20(30)22-19(11)29)18-7-16(17(10-27)31-18)26-9-15(23-24-26)13-4-3-5-14(6-13)21-12(2)28/h3-6,8-9,16-18,27H,7,10H2,1-2H3,(H,21,28)(H,22,29,30)/t16-,17+,18+/m0/s1. The molecule has 0 aliphatic carbocycles. The molecular formula is C20H22N6O5. The molecule has 4 rings (SSSR count). The molecule has 1 aromatic carbocycles. The van der Waals surface area contributed by atoms with Gasteiger partial charge in [0.2, 0.25) is 5.91 Å². The molecule has 1 fully saturated rings. The molecule has 11 heteroatoms. The maximum atomic E-state index is 12.2. The highest BCUT2D eigenvalue weighted by Crippen LogP contribution is 2.36. The number of H-pyrrole nitrogens is 1. The van der Waals surface area contributed by atoms with E-state index in [1.807, 2.05) is 6.07 Å². The predicted octanol–water partition coefficient (Wildman–Crippen LogP) is 0.583. The van der Waals surface area contributed by atoms with Crippen molar-refractivity contribution >= 4 is 11.6 Å². The van der Waals surface area contributed by atoms with Crippen LogP contribution in [0.25, 0.3) is 11.3 Å². The van der Waals surface area contributed by atoms with Gasteiger partial charge in [-0.1, -0.05) is 17.3 Å². The lowest BCUT2D eigenvalue weighted by atomic mass is 10.1. The highest BCUT2D eigenvalue weighted by Gasteiger charge is 2.38. The van der Waals surface area contributed by atoms with E-state index in [2.05, 4.69) is 20.6 Å². The third-order valence-corrected chi connectivity index (χ3v) is 5.17. The summed E-state index contributed by atoms with van der Waals surface area (Å²) in [6.07, 6.45) is 2.26. The van der Waals surface area contributed by atoms with E-state index in [4.69, 9.17) is 4.74 Å². The van der Waals surface area contributed by atoms with Crippen molar-refractivity contribution in [3.63, 3.8) is 0 Å². The molecule has 11 nitrogen and oxygen atoms in total. The molecule has 0 spiro atoms. The molecule has 2 aromatic heterocycles. The molecule has 0 unspecified atom stereocenters. The Hall–Kier alpha value is -3.57. The smallest absolute Gasteiger partial charge is 0.330 e. The first-order valence-electron chi connectivity index (χ1n) is 9.74. The van der Waals surface area contributed by atoms with Gasteiger partial charge in [0.15, 0.2) is 0 Å². The molecule has 1 amide bonds. The Morgan fingerprint density at radius 3 is 2.90 bits per heavy atom. The highest BCUT2D eigenvalue weighted by atomic mass is 16.5. The average molecular weight is 426 g/mol. The summed E-state index contributed by atoms with van der Waals surface area (Å²) in [6.45, 7) is 2.76. The van der Waals surface area contributed by atoms with E-state index < -0.39 is 23.6 Å². The first-order chi connectivity index (χ1) is 14.9. The Balaban J connectivity index is 1.60. The molecule has 3 N–H and O–H groups in total. The van der Waals surface area contributed by atoms with Crippen LogP contribution in [0, 0.1) is 6.92 Å². The normalized spacial score (nSPS) is 20.7.